The molecule has 140 valence electrons. The van der Waals surface area contributed by atoms with Gasteiger partial charge in [-0.2, -0.15) is 4.98 Å². The van der Waals surface area contributed by atoms with Crippen LogP contribution in [0.3, 0.4) is 0 Å². The van der Waals surface area contributed by atoms with E-state index in [0.29, 0.717) is 31.3 Å². The zero-order valence-electron chi connectivity index (χ0n) is 15.3. The third-order valence-corrected chi connectivity index (χ3v) is 5.70. The maximum atomic E-state index is 12.7. The minimum absolute atomic E-state index is 0.107. The summed E-state index contributed by atoms with van der Waals surface area (Å²) in [4.78, 5) is 22.3. The largest absolute Gasteiger partial charge is 0.338 e. The van der Waals surface area contributed by atoms with Crippen molar-refractivity contribution in [1.82, 2.24) is 19.9 Å². The van der Waals surface area contributed by atoms with Gasteiger partial charge in [0.25, 0.3) is 5.91 Å². The standard InChI is InChI=1S/C20H22N4O2S/c1-2-15-5-7-16(8-6-15)20(25)24-11-9-23(10-12-24)14-18-21-19(22-26-18)17-4-3-13-27-17/h3-8,13H,2,9-12,14H2,1H3. The van der Waals surface area contributed by atoms with Crippen molar-refractivity contribution < 1.29 is 9.32 Å². The molecule has 1 fully saturated rings. The van der Waals surface area contributed by atoms with Gasteiger partial charge < -0.3 is 9.42 Å². The summed E-state index contributed by atoms with van der Waals surface area (Å²) in [6, 6.07) is 11.9. The summed E-state index contributed by atoms with van der Waals surface area (Å²) in [5.41, 5.74) is 2.01. The summed E-state index contributed by atoms with van der Waals surface area (Å²) in [6.45, 7) is 5.75. The second-order valence-corrected chi connectivity index (χ2v) is 7.56. The van der Waals surface area contributed by atoms with Gasteiger partial charge in [0.15, 0.2) is 0 Å². The monoisotopic (exact) mass is 382 g/mol. The quantitative estimate of drug-likeness (QED) is 0.677. The van der Waals surface area contributed by atoms with Crippen LogP contribution in [0.2, 0.25) is 0 Å². The maximum absolute atomic E-state index is 12.7. The molecule has 3 aromatic rings. The van der Waals surface area contributed by atoms with Crippen molar-refractivity contribution in [1.29, 1.82) is 0 Å². The minimum Gasteiger partial charge on any atom is -0.338 e. The van der Waals surface area contributed by atoms with Crippen molar-refractivity contribution >= 4 is 17.2 Å². The zero-order chi connectivity index (χ0) is 18.6. The highest BCUT2D eigenvalue weighted by molar-refractivity contribution is 7.13. The smallest absolute Gasteiger partial charge is 0.253 e. The molecule has 0 N–H and O–H groups in total. The van der Waals surface area contributed by atoms with E-state index in [1.807, 2.05) is 46.7 Å². The molecule has 0 bridgehead atoms. The fourth-order valence-electron chi connectivity index (χ4n) is 3.19. The number of aromatic nitrogens is 2. The predicted octanol–water partition coefficient (Wildman–Crippen LogP) is 3.32. The van der Waals surface area contributed by atoms with Gasteiger partial charge in [-0.1, -0.05) is 30.3 Å². The molecule has 4 rings (SSSR count). The Bertz CT molecular complexity index is 881. The lowest BCUT2D eigenvalue weighted by Crippen LogP contribution is -2.48. The van der Waals surface area contributed by atoms with Crippen LogP contribution >= 0.6 is 11.3 Å². The van der Waals surface area contributed by atoms with Gasteiger partial charge in [-0.15, -0.1) is 11.3 Å². The molecule has 0 spiro atoms. The molecule has 3 heterocycles. The highest BCUT2D eigenvalue weighted by atomic mass is 32.1. The second-order valence-electron chi connectivity index (χ2n) is 6.61. The van der Waals surface area contributed by atoms with Crippen LogP contribution in [0.4, 0.5) is 0 Å². The number of hydrogen-bond acceptors (Lipinski definition) is 6. The number of hydrogen-bond donors (Lipinski definition) is 0. The van der Waals surface area contributed by atoms with Crippen molar-refractivity contribution in [2.45, 2.75) is 19.9 Å². The van der Waals surface area contributed by atoms with Gasteiger partial charge in [-0.05, 0) is 35.6 Å². The third-order valence-electron chi connectivity index (χ3n) is 4.84. The number of piperazine rings is 1. The summed E-state index contributed by atoms with van der Waals surface area (Å²) < 4.78 is 5.38. The van der Waals surface area contributed by atoms with E-state index < -0.39 is 0 Å². The molecule has 0 saturated carbocycles. The van der Waals surface area contributed by atoms with Crippen molar-refractivity contribution in [3.8, 4) is 10.7 Å². The van der Waals surface area contributed by atoms with Gasteiger partial charge in [0.05, 0.1) is 11.4 Å². The van der Waals surface area contributed by atoms with Crippen LogP contribution in [-0.4, -0.2) is 52.0 Å². The van der Waals surface area contributed by atoms with E-state index in [0.717, 1.165) is 30.0 Å². The van der Waals surface area contributed by atoms with Gasteiger partial charge in [0.1, 0.15) is 0 Å². The Morgan fingerprint density at radius 1 is 1.15 bits per heavy atom. The summed E-state index contributed by atoms with van der Waals surface area (Å²) in [7, 11) is 0. The molecule has 1 amide bonds. The number of thiophene rings is 1. The lowest BCUT2D eigenvalue weighted by molar-refractivity contribution is 0.0615. The van der Waals surface area contributed by atoms with E-state index in [1.165, 1.54) is 5.56 Å². The van der Waals surface area contributed by atoms with Crippen LogP contribution in [0.5, 0.6) is 0 Å². The fraction of sp³-hybridized carbons (Fsp3) is 0.350. The summed E-state index contributed by atoms with van der Waals surface area (Å²) in [5.74, 6) is 1.37. The van der Waals surface area contributed by atoms with Crippen molar-refractivity contribution in [3.63, 3.8) is 0 Å². The molecule has 7 heteroatoms. The van der Waals surface area contributed by atoms with Crippen LogP contribution in [0, 0.1) is 0 Å². The van der Waals surface area contributed by atoms with Crippen LogP contribution in [0.1, 0.15) is 28.7 Å². The summed E-state index contributed by atoms with van der Waals surface area (Å²) >= 11 is 1.60. The van der Waals surface area contributed by atoms with E-state index in [2.05, 4.69) is 22.0 Å². The lowest BCUT2D eigenvalue weighted by Gasteiger charge is -2.34. The predicted molar refractivity (Wildman–Crippen MR) is 105 cm³/mol. The SMILES string of the molecule is CCc1ccc(C(=O)N2CCN(Cc3nc(-c4cccs4)no3)CC2)cc1. The van der Waals surface area contributed by atoms with E-state index in [-0.39, 0.29) is 5.91 Å². The molecule has 1 aliphatic rings. The first kappa shape index (κ1) is 17.9. The van der Waals surface area contributed by atoms with E-state index >= 15 is 0 Å². The average Bonchev–Trinajstić information content (AvgIpc) is 3.40. The van der Waals surface area contributed by atoms with Gasteiger partial charge in [0.2, 0.25) is 11.7 Å². The van der Waals surface area contributed by atoms with Crippen LogP contribution in [0.25, 0.3) is 10.7 Å². The van der Waals surface area contributed by atoms with Gasteiger partial charge in [0, 0.05) is 31.7 Å². The third kappa shape index (κ3) is 4.09. The molecule has 1 aromatic carbocycles. The van der Waals surface area contributed by atoms with E-state index in [1.54, 1.807) is 11.3 Å². The Balaban J connectivity index is 1.31. The number of nitrogens with zero attached hydrogens (tertiary/aromatic N) is 4. The molecule has 27 heavy (non-hydrogen) atoms. The Labute approximate surface area is 162 Å². The molecule has 0 atom stereocenters. The van der Waals surface area contributed by atoms with Crippen LogP contribution in [0.15, 0.2) is 46.3 Å². The number of carbonyl (C=O) groups excluding carboxylic acids is 1. The summed E-state index contributed by atoms with van der Waals surface area (Å²) in [5, 5.41) is 6.05. The average molecular weight is 382 g/mol. The molecule has 0 radical (unpaired) electrons. The van der Waals surface area contributed by atoms with Crippen molar-refractivity contribution in [3.05, 3.63) is 58.8 Å². The number of aryl methyl sites for hydroxylation is 1. The minimum atomic E-state index is 0.107. The Hall–Kier alpha value is -2.51. The number of carbonyl (C=O) groups is 1. The molecular weight excluding hydrogens is 360 g/mol. The van der Waals surface area contributed by atoms with E-state index in [9.17, 15) is 4.79 Å². The van der Waals surface area contributed by atoms with Crippen molar-refractivity contribution in [2.75, 3.05) is 26.2 Å². The van der Waals surface area contributed by atoms with Gasteiger partial charge >= 0.3 is 0 Å². The Morgan fingerprint density at radius 3 is 2.59 bits per heavy atom. The highest BCUT2D eigenvalue weighted by Crippen LogP contribution is 2.22. The van der Waals surface area contributed by atoms with Crippen LogP contribution < -0.4 is 0 Å². The first-order valence-corrected chi connectivity index (χ1v) is 10.1. The van der Waals surface area contributed by atoms with Gasteiger partial charge in [-0.25, -0.2) is 0 Å². The summed E-state index contributed by atoms with van der Waals surface area (Å²) in [6.07, 6.45) is 0.983. The Kier molecular flexibility index (Phi) is 5.31. The number of amides is 1. The molecule has 1 saturated heterocycles. The first-order chi connectivity index (χ1) is 13.2. The molecule has 0 unspecified atom stereocenters. The molecule has 2 aromatic heterocycles. The molecule has 0 aliphatic carbocycles. The fourth-order valence-corrected chi connectivity index (χ4v) is 3.84. The van der Waals surface area contributed by atoms with Gasteiger partial charge in [-0.3, -0.25) is 9.69 Å². The first-order valence-electron chi connectivity index (χ1n) is 9.20. The number of rotatable bonds is 5. The van der Waals surface area contributed by atoms with E-state index in [4.69, 9.17) is 4.52 Å². The highest BCUT2D eigenvalue weighted by Gasteiger charge is 2.23. The normalized spacial score (nSPS) is 15.2. The number of benzene rings is 1. The molecule has 6 nitrogen and oxygen atoms in total. The zero-order valence-corrected chi connectivity index (χ0v) is 16.1. The van der Waals surface area contributed by atoms with Crippen molar-refractivity contribution in [2.24, 2.45) is 0 Å². The van der Waals surface area contributed by atoms with Crippen LogP contribution in [-0.2, 0) is 13.0 Å². The maximum Gasteiger partial charge on any atom is 0.253 e. The Morgan fingerprint density at radius 2 is 1.93 bits per heavy atom. The lowest BCUT2D eigenvalue weighted by atomic mass is 10.1. The molecule has 1 aliphatic heterocycles. The topological polar surface area (TPSA) is 62.5 Å². The molecular formula is C20H22N4O2S. The second kappa shape index (κ2) is 8.02.